The zero-order chi connectivity index (χ0) is 14.8. The maximum absolute atomic E-state index is 4.50. The van der Waals surface area contributed by atoms with Gasteiger partial charge in [0, 0.05) is 18.3 Å². The number of hydrogen-bond acceptors (Lipinski definition) is 2. The number of anilines is 1. The lowest BCUT2D eigenvalue weighted by molar-refractivity contribution is 0.510. The van der Waals surface area contributed by atoms with Crippen molar-refractivity contribution in [1.82, 2.24) is 9.78 Å². The van der Waals surface area contributed by atoms with Gasteiger partial charge in [-0.1, -0.05) is 25.1 Å². The fourth-order valence-electron chi connectivity index (χ4n) is 3.28. The minimum absolute atomic E-state index is 0.520. The molecule has 112 valence electrons. The van der Waals surface area contributed by atoms with E-state index < -0.39 is 0 Å². The summed E-state index contributed by atoms with van der Waals surface area (Å²) in [6, 6.07) is 9.22. The van der Waals surface area contributed by atoms with Crippen molar-refractivity contribution in [2.75, 3.05) is 5.32 Å². The van der Waals surface area contributed by atoms with Crippen molar-refractivity contribution in [2.24, 2.45) is 0 Å². The van der Waals surface area contributed by atoms with Crippen LogP contribution in [-0.2, 0) is 13.0 Å². The van der Waals surface area contributed by atoms with E-state index >= 15 is 0 Å². The van der Waals surface area contributed by atoms with Gasteiger partial charge in [0.15, 0.2) is 0 Å². The lowest BCUT2D eigenvalue weighted by Crippen LogP contribution is -2.26. The Bertz CT molecular complexity index is 620. The van der Waals surface area contributed by atoms with Crippen LogP contribution in [0, 0.1) is 0 Å². The molecule has 1 aromatic carbocycles. The highest BCUT2D eigenvalue weighted by Crippen LogP contribution is 2.37. The molecule has 0 saturated carbocycles. The fourth-order valence-corrected chi connectivity index (χ4v) is 3.74. The normalized spacial score (nSPS) is 20.9. The van der Waals surface area contributed by atoms with E-state index in [4.69, 9.17) is 0 Å². The molecule has 21 heavy (non-hydrogen) atoms. The van der Waals surface area contributed by atoms with Gasteiger partial charge in [0.25, 0.3) is 0 Å². The van der Waals surface area contributed by atoms with Gasteiger partial charge in [-0.05, 0) is 59.7 Å². The topological polar surface area (TPSA) is 29.9 Å². The highest BCUT2D eigenvalue weighted by atomic mass is 79.9. The summed E-state index contributed by atoms with van der Waals surface area (Å²) in [6.07, 6.45) is 5.26. The van der Waals surface area contributed by atoms with Crippen molar-refractivity contribution in [2.45, 2.75) is 51.6 Å². The van der Waals surface area contributed by atoms with E-state index in [0.29, 0.717) is 12.0 Å². The van der Waals surface area contributed by atoms with E-state index in [1.165, 1.54) is 23.4 Å². The molecule has 0 saturated heterocycles. The Morgan fingerprint density at radius 1 is 1.38 bits per heavy atom. The molecule has 1 aliphatic heterocycles. The number of nitrogens with zero attached hydrogens (tertiary/aromatic N) is 2. The summed E-state index contributed by atoms with van der Waals surface area (Å²) in [5, 5.41) is 8.09. The Labute approximate surface area is 134 Å². The van der Waals surface area contributed by atoms with Crippen molar-refractivity contribution in [3.8, 4) is 0 Å². The van der Waals surface area contributed by atoms with E-state index in [2.05, 4.69) is 69.1 Å². The second-order valence-electron chi connectivity index (χ2n) is 5.93. The largest absolute Gasteiger partial charge is 0.382 e. The molecule has 1 aromatic heterocycles. The standard InChI is InChI=1S/C17H22BrN3/c1-3-8-21-17(15(18)11-19-21)10-13-9-12(2)20-16-7-5-4-6-14(13)16/h4-7,11-13,20H,3,8-10H2,1-2H3. The Hall–Kier alpha value is -1.29. The van der Waals surface area contributed by atoms with Crippen molar-refractivity contribution in [3.63, 3.8) is 0 Å². The highest BCUT2D eigenvalue weighted by molar-refractivity contribution is 9.10. The summed E-state index contributed by atoms with van der Waals surface area (Å²) in [4.78, 5) is 0. The highest BCUT2D eigenvalue weighted by Gasteiger charge is 2.25. The van der Waals surface area contributed by atoms with Gasteiger partial charge in [-0.2, -0.15) is 5.10 Å². The zero-order valence-electron chi connectivity index (χ0n) is 12.6. The molecule has 2 atom stereocenters. The van der Waals surface area contributed by atoms with Crippen LogP contribution in [0.4, 0.5) is 5.69 Å². The molecule has 0 fully saturated rings. The van der Waals surface area contributed by atoms with Crippen LogP contribution >= 0.6 is 15.9 Å². The summed E-state index contributed by atoms with van der Waals surface area (Å²) in [5.74, 6) is 0.557. The summed E-state index contributed by atoms with van der Waals surface area (Å²) in [5.41, 5.74) is 4.05. The van der Waals surface area contributed by atoms with Gasteiger partial charge in [-0.25, -0.2) is 0 Å². The van der Waals surface area contributed by atoms with E-state index in [1.54, 1.807) is 0 Å². The molecule has 0 aliphatic carbocycles. The van der Waals surface area contributed by atoms with Gasteiger partial charge < -0.3 is 5.32 Å². The third kappa shape index (κ3) is 3.00. The predicted molar refractivity (Wildman–Crippen MR) is 90.8 cm³/mol. The van der Waals surface area contributed by atoms with E-state index in [-0.39, 0.29) is 0 Å². The number of benzene rings is 1. The molecule has 2 heterocycles. The van der Waals surface area contributed by atoms with Crippen molar-refractivity contribution < 1.29 is 0 Å². The monoisotopic (exact) mass is 347 g/mol. The van der Waals surface area contributed by atoms with E-state index in [0.717, 1.165) is 23.9 Å². The molecular formula is C17H22BrN3. The lowest BCUT2D eigenvalue weighted by Gasteiger charge is -2.31. The molecule has 1 N–H and O–H groups in total. The van der Waals surface area contributed by atoms with E-state index in [9.17, 15) is 0 Å². The fraction of sp³-hybridized carbons (Fsp3) is 0.471. The smallest absolute Gasteiger partial charge is 0.0635 e. The molecule has 2 aromatic rings. The second-order valence-corrected chi connectivity index (χ2v) is 6.79. The van der Waals surface area contributed by atoms with Gasteiger partial charge in [0.2, 0.25) is 0 Å². The first-order valence-corrected chi connectivity index (χ1v) is 8.54. The van der Waals surface area contributed by atoms with Crippen molar-refractivity contribution in [3.05, 3.63) is 46.2 Å². The number of para-hydroxylation sites is 1. The average molecular weight is 348 g/mol. The molecule has 0 spiro atoms. The SMILES string of the molecule is CCCn1ncc(Br)c1CC1CC(C)Nc2ccccc21. The van der Waals surface area contributed by atoms with Crippen LogP contribution in [0.15, 0.2) is 34.9 Å². The molecule has 0 radical (unpaired) electrons. The number of hydrogen-bond donors (Lipinski definition) is 1. The summed E-state index contributed by atoms with van der Waals surface area (Å²) in [6.45, 7) is 5.45. The first-order chi connectivity index (χ1) is 10.2. The Kier molecular flexibility index (Phi) is 4.34. The minimum Gasteiger partial charge on any atom is -0.382 e. The maximum atomic E-state index is 4.50. The van der Waals surface area contributed by atoms with Gasteiger partial charge in [0.1, 0.15) is 0 Å². The first kappa shape index (κ1) is 14.6. The van der Waals surface area contributed by atoms with Crippen LogP contribution in [0.3, 0.4) is 0 Å². The summed E-state index contributed by atoms with van der Waals surface area (Å²) >= 11 is 3.67. The Morgan fingerprint density at radius 3 is 3.00 bits per heavy atom. The summed E-state index contributed by atoms with van der Waals surface area (Å²) < 4.78 is 3.29. The third-order valence-corrected chi connectivity index (χ3v) is 4.88. The van der Waals surface area contributed by atoms with Crippen LogP contribution in [0.1, 0.15) is 43.9 Å². The number of fused-ring (bicyclic) bond motifs is 1. The molecule has 0 bridgehead atoms. The number of aryl methyl sites for hydroxylation is 1. The molecule has 4 heteroatoms. The van der Waals surface area contributed by atoms with Crippen LogP contribution in [0.5, 0.6) is 0 Å². The second kappa shape index (κ2) is 6.22. The first-order valence-electron chi connectivity index (χ1n) is 7.74. The van der Waals surface area contributed by atoms with Gasteiger partial charge >= 0.3 is 0 Å². The predicted octanol–water partition coefficient (Wildman–Crippen LogP) is 4.59. The van der Waals surface area contributed by atoms with Gasteiger partial charge in [-0.15, -0.1) is 0 Å². The molecular weight excluding hydrogens is 326 g/mol. The van der Waals surface area contributed by atoms with Crippen LogP contribution in [-0.4, -0.2) is 15.8 Å². The molecule has 3 nitrogen and oxygen atoms in total. The minimum atomic E-state index is 0.520. The van der Waals surface area contributed by atoms with E-state index in [1.807, 2.05) is 6.20 Å². The number of rotatable bonds is 4. The molecule has 0 amide bonds. The van der Waals surface area contributed by atoms with Gasteiger partial charge in [0.05, 0.1) is 16.4 Å². The molecule has 1 aliphatic rings. The Balaban J connectivity index is 1.90. The molecule has 3 rings (SSSR count). The Morgan fingerprint density at radius 2 is 2.19 bits per heavy atom. The van der Waals surface area contributed by atoms with Gasteiger partial charge in [-0.3, -0.25) is 4.68 Å². The van der Waals surface area contributed by atoms with Crippen LogP contribution in [0.25, 0.3) is 0 Å². The lowest BCUT2D eigenvalue weighted by atomic mass is 9.84. The molecule has 2 unspecified atom stereocenters. The average Bonchev–Trinajstić information content (AvgIpc) is 2.80. The van der Waals surface area contributed by atoms with Crippen molar-refractivity contribution in [1.29, 1.82) is 0 Å². The number of halogens is 1. The number of nitrogens with one attached hydrogen (secondary N) is 1. The number of aromatic nitrogens is 2. The quantitative estimate of drug-likeness (QED) is 0.876. The maximum Gasteiger partial charge on any atom is 0.0635 e. The third-order valence-electron chi connectivity index (χ3n) is 4.21. The van der Waals surface area contributed by atoms with Crippen LogP contribution < -0.4 is 5.32 Å². The van der Waals surface area contributed by atoms with Crippen LogP contribution in [0.2, 0.25) is 0 Å². The summed E-state index contributed by atoms with van der Waals surface area (Å²) in [7, 11) is 0. The zero-order valence-corrected chi connectivity index (χ0v) is 14.2. The van der Waals surface area contributed by atoms with Crippen molar-refractivity contribution >= 4 is 21.6 Å².